The first-order chi connectivity index (χ1) is 4.95. The lowest BCUT2D eigenvalue weighted by Gasteiger charge is -2.12. The zero-order valence-corrected chi connectivity index (χ0v) is 6.25. The van der Waals surface area contributed by atoms with Crippen LogP contribution in [0.4, 0.5) is 8.78 Å². The largest absolute Gasteiger partial charge is 0.455 e. The number of carbonyl (C=O) groups excluding carboxylic acids is 1. The highest BCUT2D eigenvalue weighted by Crippen LogP contribution is 2.05. The van der Waals surface area contributed by atoms with E-state index in [-0.39, 0.29) is 0 Å². The molecule has 11 heavy (non-hydrogen) atoms. The lowest BCUT2D eigenvalue weighted by Crippen LogP contribution is -2.28. The first-order valence-corrected chi connectivity index (χ1v) is 3.12. The van der Waals surface area contributed by atoms with Gasteiger partial charge in [0.15, 0.2) is 6.10 Å². The SMILES string of the molecule is CC(O)C(=O)OC(C)C(F)F. The zero-order valence-electron chi connectivity index (χ0n) is 6.25. The van der Waals surface area contributed by atoms with Gasteiger partial charge in [0.2, 0.25) is 0 Å². The standard InChI is InChI=1S/C6H10F2O3/c1-3(9)6(10)11-4(2)5(7)8/h3-5,9H,1-2H3. The Kier molecular flexibility index (Phi) is 3.95. The molecule has 0 aliphatic carbocycles. The molecule has 0 radical (unpaired) electrons. The van der Waals surface area contributed by atoms with Crippen molar-refractivity contribution in [3.05, 3.63) is 0 Å². The molecule has 66 valence electrons. The fourth-order valence-corrected chi connectivity index (χ4v) is 0.333. The summed E-state index contributed by atoms with van der Waals surface area (Å²) in [6, 6.07) is 0. The third-order valence-corrected chi connectivity index (χ3v) is 0.998. The van der Waals surface area contributed by atoms with Crippen LogP contribution in [0, 0.1) is 0 Å². The van der Waals surface area contributed by atoms with Gasteiger partial charge in [-0.05, 0) is 13.8 Å². The molecule has 1 N–H and O–H groups in total. The van der Waals surface area contributed by atoms with E-state index in [9.17, 15) is 13.6 Å². The minimum Gasteiger partial charge on any atom is -0.455 e. The van der Waals surface area contributed by atoms with Gasteiger partial charge >= 0.3 is 5.97 Å². The molecule has 2 unspecified atom stereocenters. The normalized spacial score (nSPS) is 16.2. The lowest BCUT2D eigenvalue weighted by molar-refractivity contribution is -0.164. The summed E-state index contributed by atoms with van der Waals surface area (Å²) in [7, 11) is 0. The number of esters is 1. The van der Waals surface area contributed by atoms with Crippen molar-refractivity contribution in [2.75, 3.05) is 0 Å². The van der Waals surface area contributed by atoms with Crippen molar-refractivity contribution in [1.82, 2.24) is 0 Å². The summed E-state index contributed by atoms with van der Waals surface area (Å²) >= 11 is 0. The van der Waals surface area contributed by atoms with Gasteiger partial charge in [0, 0.05) is 0 Å². The third-order valence-electron chi connectivity index (χ3n) is 0.998. The van der Waals surface area contributed by atoms with Gasteiger partial charge in [0.1, 0.15) is 6.10 Å². The average molecular weight is 168 g/mol. The molecule has 0 aliphatic heterocycles. The van der Waals surface area contributed by atoms with Crippen molar-refractivity contribution in [2.24, 2.45) is 0 Å². The summed E-state index contributed by atoms with van der Waals surface area (Å²) in [5, 5.41) is 8.53. The van der Waals surface area contributed by atoms with Crippen molar-refractivity contribution >= 4 is 5.97 Å². The Morgan fingerprint density at radius 3 is 2.18 bits per heavy atom. The molecule has 0 heterocycles. The third kappa shape index (κ3) is 3.87. The average Bonchev–Trinajstić information content (AvgIpc) is 1.87. The molecule has 0 aromatic rings. The number of rotatable bonds is 3. The second-order valence-corrected chi connectivity index (χ2v) is 2.15. The molecule has 0 rings (SSSR count). The summed E-state index contributed by atoms with van der Waals surface area (Å²) in [4.78, 5) is 10.5. The number of hydrogen-bond donors (Lipinski definition) is 1. The Morgan fingerprint density at radius 2 is 1.91 bits per heavy atom. The molecule has 0 aliphatic rings. The molecular formula is C6H10F2O3. The van der Waals surface area contributed by atoms with E-state index >= 15 is 0 Å². The molecule has 0 fully saturated rings. The van der Waals surface area contributed by atoms with Crippen molar-refractivity contribution < 1.29 is 23.4 Å². The highest BCUT2D eigenvalue weighted by atomic mass is 19.3. The van der Waals surface area contributed by atoms with E-state index in [2.05, 4.69) is 4.74 Å². The minimum absolute atomic E-state index is 1.03. The van der Waals surface area contributed by atoms with Crippen molar-refractivity contribution in [3.8, 4) is 0 Å². The Labute approximate surface area is 63.0 Å². The molecule has 0 saturated carbocycles. The molecule has 0 saturated heterocycles. The predicted octanol–water partition coefficient (Wildman–Crippen LogP) is 0.564. The van der Waals surface area contributed by atoms with Crippen molar-refractivity contribution in [1.29, 1.82) is 0 Å². The van der Waals surface area contributed by atoms with Gasteiger partial charge in [-0.2, -0.15) is 0 Å². The molecule has 0 spiro atoms. The zero-order chi connectivity index (χ0) is 9.02. The first kappa shape index (κ1) is 10.3. The van der Waals surface area contributed by atoms with Gasteiger partial charge < -0.3 is 9.84 Å². The number of ether oxygens (including phenoxy) is 1. The molecule has 5 heteroatoms. The number of hydrogen-bond acceptors (Lipinski definition) is 3. The van der Waals surface area contributed by atoms with Crippen LogP contribution in [0.5, 0.6) is 0 Å². The number of aliphatic hydroxyl groups is 1. The van der Waals surface area contributed by atoms with Gasteiger partial charge in [0.25, 0.3) is 6.43 Å². The highest BCUT2D eigenvalue weighted by molar-refractivity contribution is 5.73. The van der Waals surface area contributed by atoms with E-state index < -0.39 is 24.6 Å². The highest BCUT2D eigenvalue weighted by Gasteiger charge is 2.21. The molecular weight excluding hydrogens is 158 g/mol. The number of halogens is 2. The summed E-state index contributed by atoms with van der Waals surface area (Å²) in [5.41, 5.74) is 0. The van der Waals surface area contributed by atoms with Crippen LogP contribution >= 0.6 is 0 Å². The van der Waals surface area contributed by atoms with Gasteiger partial charge in [-0.1, -0.05) is 0 Å². The molecule has 2 atom stereocenters. The summed E-state index contributed by atoms with van der Waals surface area (Å²) < 4.78 is 27.5. The van der Waals surface area contributed by atoms with E-state index in [1.54, 1.807) is 0 Å². The second-order valence-electron chi connectivity index (χ2n) is 2.15. The van der Waals surface area contributed by atoms with Gasteiger partial charge in [-0.25, -0.2) is 13.6 Å². The fraction of sp³-hybridized carbons (Fsp3) is 0.833. The van der Waals surface area contributed by atoms with E-state index in [1.165, 1.54) is 0 Å². The number of alkyl halides is 2. The summed E-state index contributed by atoms with van der Waals surface area (Å²) in [5.74, 6) is -1.03. The van der Waals surface area contributed by atoms with E-state index in [0.29, 0.717) is 0 Å². The van der Waals surface area contributed by atoms with Crippen molar-refractivity contribution in [2.45, 2.75) is 32.5 Å². The Morgan fingerprint density at radius 1 is 1.45 bits per heavy atom. The Bertz CT molecular complexity index is 136. The molecule has 0 aromatic carbocycles. The molecule has 0 aromatic heterocycles. The van der Waals surface area contributed by atoms with E-state index in [0.717, 1.165) is 13.8 Å². The van der Waals surface area contributed by atoms with Crippen LogP contribution < -0.4 is 0 Å². The van der Waals surface area contributed by atoms with Crippen LogP contribution in [-0.4, -0.2) is 29.7 Å². The van der Waals surface area contributed by atoms with Crippen molar-refractivity contribution in [3.63, 3.8) is 0 Å². The smallest absolute Gasteiger partial charge is 0.335 e. The maximum atomic E-state index is 11.7. The van der Waals surface area contributed by atoms with Gasteiger partial charge in [-0.15, -0.1) is 0 Å². The molecule has 0 bridgehead atoms. The molecule has 3 nitrogen and oxygen atoms in total. The monoisotopic (exact) mass is 168 g/mol. The quantitative estimate of drug-likeness (QED) is 0.626. The molecule has 0 amide bonds. The fourth-order valence-electron chi connectivity index (χ4n) is 0.333. The lowest BCUT2D eigenvalue weighted by atomic mass is 10.4. The van der Waals surface area contributed by atoms with Crippen LogP contribution in [0.25, 0.3) is 0 Å². The van der Waals surface area contributed by atoms with Crippen LogP contribution in [0.1, 0.15) is 13.8 Å². The Hall–Kier alpha value is -0.710. The van der Waals surface area contributed by atoms with Crippen LogP contribution in [0.3, 0.4) is 0 Å². The predicted molar refractivity (Wildman–Crippen MR) is 33.2 cm³/mol. The number of aliphatic hydroxyl groups excluding tert-OH is 1. The number of carbonyl (C=O) groups is 1. The van der Waals surface area contributed by atoms with Gasteiger partial charge in [0.05, 0.1) is 0 Å². The van der Waals surface area contributed by atoms with Crippen LogP contribution in [-0.2, 0) is 9.53 Å². The first-order valence-electron chi connectivity index (χ1n) is 3.12. The second kappa shape index (κ2) is 4.23. The van der Waals surface area contributed by atoms with Gasteiger partial charge in [-0.3, -0.25) is 0 Å². The maximum Gasteiger partial charge on any atom is 0.335 e. The maximum absolute atomic E-state index is 11.7. The van der Waals surface area contributed by atoms with E-state index in [4.69, 9.17) is 5.11 Å². The Balaban J connectivity index is 3.76. The summed E-state index contributed by atoms with van der Waals surface area (Å²) in [6.45, 7) is 2.21. The van der Waals surface area contributed by atoms with Crippen LogP contribution in [0.2, 0.25) is 0 Å². The van der Waals surface area contributed by atoms with Crippen LogP contribution in [0.15, 0.2) is 0 Å². The topological polar surface area (TPSA) is 46.5 Å². The minimum atomic E-state index is -2.71. The van der Waals surface area contributed by atoms with E-state index in [1.807, 2.05) is 0 Å². The summed E-state index contributed by atoms with van der Waals surface area (Å²) in [6.07, 6.45) is -5.52.